The Morgan fingerprint density at radius 3 is 2.62 bits per heavy atom. The van der Waals surface area contributed by atoms with Gasteiger partial charge in [-0.05, 0) is 24.3 Å². The fourth-order valence-electron chi connectivity index (χ4n) is 2.00. The predicted molar refractivity (Wildman–Crippen MR) is 97.1 cm³/mol. The number of esters is 2. The van der Waals surface area contributed by atoms with Crippen molar-refractivity contribution >= 4 is 40.1 Å². The number of nitrogens with two attached hydrogens (primary N) is 2. The number of carbonyl (C=O) groups is 2. The molecule has 0 radical (unpaired) electrons. The number of carbonyl (C=O) groups excluding carboxylic acids is 2. The molecule has 0 unspecified atom stereocenters. The number of fused-ring (bicyclic) bond motifs is 1. The lowest BCUT2D eigenvalue weighted by Crippen LogP contribution is -2.32. The maximum absolute atomic E-state index is 12.1. The number of benzene rings is 1. The van der Waals surface area contributed by atoms with Crippen LogP contribution in [-0.2, 0) is 19.1 Å². The Kier molecular flexibility index (Phi) is 6.37. The molecule has 9 heteroatoms. The zero-order valence-corrected chi connectivity index (χ0v) is 15.0. The van der Waals surface area contributed by atoms with E-state index in [-0.39, 0.29) is 17.3 Å². The van der Waals surface area contributed by atoms with Crippen LogP contribution >= 0.6 is 11.6 Å². The van der Waals surface area contributed by atoms with Crippen molar-refractivity contribution in [3.05, 3.63) is 46.7 Å². The third-order valence-electron chi connectivity index (χ3n) is 3.41. The molecular formula is C17H19ClN4O4. The second-order valence-corrected chi connectivity index (χ2v) is 6.07. The number of nitrogens with one attached hydrogen (secondary N) is 1. The van der Waals surface area contributed by atoms with Gasteiger partial charge in [0, 0.05) is 10.4 Å². The Morgan fingerprint density at radius 2 is 1.96 bits per heavy atom. The summed E-state index contributed by atoms with van der Waals surface area (Å²) in [6.07, 6.45) is 0. The lowest BCUT2D eigenvalue weighted by molar-refractivity contribution is -0.167. The summed E-state index contributed by atoms with van der Waals surface area (Å²) in [5.74, 6) is 3.68. The molecule has 0 saturated heterocycles. The zero-order chi connectivity index (χ0) is 19.3. The first-order valence-electron chi connectivity index (χ1n) is 7.70. The smallest absolute Gasteiger partial charge is 0.360 e. The van der Waals surface area contributed by atoms with Gasteiger partial charge in [0.15, 0.2) is 5.70 Å². The maximum Gasteiger partial charge on any atom is 0.360 e. The molecule has 2 rings (SSSR count). The molecule has 1 aromatic heterocycles. The number of hydrogen-bond acceptors (Lipinski definition) is 8. The average molecular weight is 379 g/mol. The first-order valence-corrected chi connectivity index (χ1v) is 8.08. The molecule has 138 valence electrons. The van der Waals surface area contributed by atoms with Crippen molar-refractivity contribution in [2.24, 2.45) is 17.5 Å². The van der Waals surface area contributed by atoms with Crippen LogP contribution in [0.5, 0.6) is 0 Å². The van der Waals surface area contributed by atoms with E-state index in [1.165, 1.54) is 0 Å². The van der Waals surface area contributed by atoms with Crippen molar-refractivity contribution < 1.29 is 19.1 Å². The number of hydrazine groups is 1. The summed E-state index contributed by atoms with van der Waals surface area (Å²) in [5.41, 5.74) is 8.94. The molecule has 0 aliphatic rings. The Morgan fingerprint density at radius 1 is 1.23 bits per heavy atom. The number of nitrogens with zero attached hydrogens (tertiary/aromatic N) is 1. The number of aromatic nitrogens is 1. The standard InChI is InChI=1S/C17H19ClN4O4/c1-9(2)16(23)25-8-26-17(24)15(22-20)14(19)13-5-3-10-7-11(18)4-6-12(10)21-13/h3-7,9,22H,8,19-20H2,1-2H3/b15-14-. The van der Waals surface area contributed by atoms with Gasteiger partial charge in [0.05, 0.1) is 22.8 Å². The summed E-state index contributed by atoms with van der Waals surface area (Å²) >= 11 is 5.94. The summed E-state index contributed by atoms with van der Waals surface area (Å²) in [6, 6.07) is 8.57. The first kappa shape index (κ1) is 19.5. The van der Waals surface area contributed by atoms with Gasteiger partial charge in [-0.1, -0.05) is 31.5 Å². The van der Waals surface area contributed by atoms with E-state index in [1.807, 2.05) is 0 Å². The molecule has 5 N–H and O–H groups in total. The molecule has 0 amide bonds. The second-order valence-electron chi connectivity index (χ2n) is 5.63. The fourth-order valence-corrected chi connectivity index (χ4v) is 2.18. The minimum absolute atomic E-state index is 0.00969. The highest BCUT2D eigenvalue weighted by Crippen LogP contribution is 2.20. The third-order valence-corrected chi connectivity index (χ3v) is 3.64. The fraction of sp³-hybridized carbons (Fsp3) is 0.235. The molecule has 26 heavy (non-hydrogen) atoms. The van der Waals surface area contributed by atoms with Gasteiger partial charge in [0.2, 0.25) is 6.79 Å². The molecule has 0 saturated carbocycles. The largest absolute Gasteiger partial charge is 0.428 e. The molecule has 8 nitrogen and oxygen atoms in total. The molecule has 1 aromatic carbocycles. The molecule has 0 fully saturated rings. The maximum atomic E-state index is 12.1. The number of ether oxygens (including phenoxy) is 2. The van der Waals surface area contributed by atoms with Gasteiger partial charge in [-0.2, -0.15) is 0 Å². The zero-order valence-electron chi connectivity index (χ0n) is 14.3. The number of pyridine rings is 1. The van der Waals surface area contributed by atoms with Crippen molar-refractivity contribution in [3.63, 3.8) is 0 Å². The number of rotatable bonds is 6. The van der Waals surface area contributed by atoms with E-state index in [0.717, 1.165) is 5.39 Å². The van der Waals surface area contributed by atoms with E-state index < -0.39 is 18.7 Å². The van der Waals surface area contributed by atoms with E-state index in [0.29, 0.717) is 16.2 Å². The summed E-state index contributed by atoms with van der Waals surface area (Å²) in [7, 11) is 0. The monoisotopic (exact) mass is 378 g/mol. The highest BCUT2D eigenvalue weighted by molar-refractivity contribution is 6.31. The molecular weight excluding hydrogens is 360 g/mol. The molecule has 2 aromatic rings. The molecule has 0 atom stereocenters. The van der Waals surface area contributed by atoms with Crippen molar-refractivity contribution in [1.82, 2.24) is 10.4 Å². The predicted octanol–water partition coefficient (Wildman–Crippen LogP) is 1.68. The Bertz CT molecular complexity index is 867. The summed E-state index contributed by atoms with van der Waals surface area (Å²) in [5, 5.41) is 1.40. The summed E-state index contributed by atoms with van der Waals surface area (Å²) in [4.78, 5) is 27.8. The van der Waals surface area contributed by atoms with Gasteiger partial charge in [0.25, 0.3) is 0 Å². The molecule has 0 spiro atoms. The minimum Gasteiger partial charge on any atom is -0.428 e. The highest BCUT2D eigenvalue weighted by atomic mass is 35.5. The van der Waals surface area contributed by atoms with Crippen molar-refractivity contribution in [3.8, 4) is 0 Å². The number of hydrogen-bond donors (Lipinski definition) is 3. The van der Waals surface area contributed by atoms with Gasteiger partial charge >= 0.3 is 11.9 Å². The Balaban J connectivity index is 2.20. The van der Waals surface area contributed by atoms with E-state index in [4.69, 9.17) is 32.7 Å². The molecule has 0 aliphatic carbocycles. The van der Waals surface area contributed by atoms with Crippen LogP contribution < -0.4 is 17.0 Å². The van der Waals surface area contributed by atoms with Crippen LogP contribution in [0.15, 0.2) is 36.0 Å². The van der Waals surface area contributed by atoms with Gasteiger partial charge in [-0.3, -0.25) is 10.6 Å². The van der Waals surface area contributed by atoms with E-state index in [1.54, 1.807) is 44.2 Å². The van der Waals surface area contributed by atoms with Gasteiger partial charge in [0.1, 0.15) is 0 Å². The van der Waals surface area contributed by atoms with Crippen molar-refractivity contribution in [2.45, 2.75) is 13.8 Å². The highest BCUT2D eigenvalue weighted by Gasteiger charge is 2.18. The van der Waals surface area contributed by atoms with Crippen LogP contribution in [0, 0.1) is 5.92 Å². The third kappa shape index (κ3) is 4.62. The lowest BCUT2D eigenvalue weighted by atomic mass is 10.1. The van der Waals surface area contributed by atoms with Crippen LogP contribution in [-0.4, -0.2) is 23.7 Å². The SMILES string of the molecule is CC(C)C(=O)OCOC(=O)/C(NN)=C(/N)c1ccc2cc(Cl)ccc2n1. The summed E-state index contributed by atoms with van der Waals surface area (Å²) < 4.78 is 9.64. The molecule has 0 bridgehead atoms. The average Bonchev–Trinajstić information content (AvgIpc) is 2.61. The van der Waals surface area contributed by atoms with Crippen LogP contribution in [0.25, 0.3) is 16.6 Å². The normalized spacial score (nSPS) is 11.9. The molecule has 0 aliphatic heterocycles. The Labute approximate surface area is 155 Å². The van der Waals surface area contributed by atoms with E-state index >= 15 is 0 Å². The quantitative estimate of drug-likeness (QED) is 0.227. The van der Waals surface area contributed by atoms with Crippen LogP contribution in [0.4, 0.5) is 0 Å². The van der Waals surface area contributed by atoms with Crippen LogP contribution in [0.2, 0.25) is 5.02 Å². The second kappa shape index (κ2) is 8.50. The van der Waals surface area contributed by atoms with Gasteiger partial charge in [-0.15, -0.1) is 0 Å². The summed E-state index contributed by atoms with van der Waals surface area (Å²) in [6.45, 7) is 2.78. The topological polar surface area (TPSA) is 130 Å². The van der Waals surface area contributed by atoms with E-state index in [2.05, 4.69) is 10.4 Å². The van der Waals surface area contributed by atoms with E-state index in [9.17, 15) is 9.59 Å². The molecule has 1 heterocycles. The van der Waals surface area contributed by atoms with Gasteiger partial charge in [-0.25, -0.2) is 9.78 Å². The van der Waals surface area contributed by atoms with Crippen LogP contribution in [0.3, 0.4) is 0 Å². The van der Waals surface area contributed by atoms with Crippen LogP contribution in [0.1, 0.15) is 19.5 Å². The Hall–Kier alpha value is -2.84. The number of halogens is 1. The van der Waals surface area contributed by atoms with Gasteiger partial charge < -0.3 is 20.6 Å². The van der Waals surface area contributed by atoms with Crippen molar-refractivity contribution in [2.75, 3.05) is 6.79 Å². The van der Waals surface area contributed by atoms with Crippen molar-refractivity contribution in [1.29, 1.82) is 0 Å². The lowest BCUT2D eigenvalue weighted by Gasteiger charge is -2.12. The first-order chi connectivity index (χ1) is 12.3. The minimum atomic E-state index is -0.875.